The second-order valence-electron chi connectivity index (χ2n) is 13.4. The Balaban J connectivity index is 1.21. The molecular weight excluding hydrogens is 629 g/mol. The predicted molar refractivity (Wildman–Crippen MR) is 221 cm³/mol. The van der Waals surface area contributed by atoms with E-state index in [4.69, 9.17) is 0 Å². The first kappa shape index (κ1) is 30.0. The molecule has 0 radical (unpaired) electrons. The van der Waals surface area contributed by atoms with Crippen molar-refractivity contribution in [1.29, 1.82) is 0 Å². The van der Waals surface area contributed by atoms with Crippen molar-refractivity contribution in [3.05, 3.63) is 206 Å². The molecule has 0 saturated carbocycles. The van der Waals surface area contributed by atoms with Crippen LogP contribution in [0.5, 0.6) is 0 Å². The monoisotopic (exact) mass is 662 g/mol. The summed E-state index contributed by atoms with van der Waals surface area (Å²) in [6.45, 7) is 0. The highest BCUT2D eigenvalue weighted by molar-refractivity contribution is 6.24. The molecule has 2 heteroatoms. The first-order valence-corrected chi connectivity index (χ1v) is 17.9. The van der Waals surface area contributed by atoms with Crippen molar-refractivity contribution in [1.82, 2.24) is 4.57 Å². The molecule has 0 amide bonds. The molecule has 0 aliphatic heterocycles. The van der Waals surface area contributed by atoms with Crippen LogP contribution in [0.1, 0.15) is 0 Å². The highest BCUT2D eigenvalue weighted by atomic mass is 15.1. The van der Waals surface area contributed by atoms with E-state index in [2.05, 4.69) is 216 Å². The number of hydrogen-bond acceptors (Lipinski definition) is 1. The minimum absolute atomic E-state index is 1.10. The Bertz CT molecular complexity index is 2890. The normalized spacial score (nSPS) is 11.5. The third-order valence-electron chi connectivity index (χ3n) is 10.3. The molecule has 0 aliphatic rings. The number of benzene rings is 9. The van der Waals surface area contributed by atoms with E-state index in [1.54, 1.807) is 0 Å². The highest BCUT2D eigenvalue weighted by Gasteiger charge is 2.20. The van der Waals surface area contributed by atoms with Crippen LogP contribution in [-0.2, 0) is 0 Å². The molecule has 0 N–H and O–H groups in total. The second-order valence-corrected chi connectivity index (χ2v) is 13.4. The van der Waals surface area contributed by atoms with Crippen LogP contribution in [0.4, 0.5) is 17.1 Å². The Kier molecular flexibility index (Phi) is 7.18. The van der Waals surface area contributed by atoms with Gasteiger partial charge in [-0.3, -0.25) is 0 Å². The van der Waals surface area contributed by atoms with E-state index in [1.165, 1.54) is 65.6 Å². The zero-order chi connectivity index (χ0) is 34.4. The van der Waals surface area contributed by atoms with Gasteiger partial charge in [-0.2, -0.15) is 0 Å². The molecule has 10 rings (SSSR count). The summed E-state index contributed by atoms with van der Waals surface area (Å²) in [5, 5.41) is 7.42. The Hall–Kier alpha value is -6.90. The summed E-state index contributed by atoms with van der Waals surface area (Å²) in [5.41, 5.74) is 11.7. The van der Waals surface area contributed by atoms with Gasteiger partial charge >= 0.3 is 0 Å². The van der Waals surface area contributed by atoms with Gasteiger partial charge in [0, 0.05) is 38.9 Å². The molecule has 0 aliphatic carbocycles. The largest absolute Gasteiger partial charge is 0.310 e. The fourth-order valence-electron chi connectivity index (χ4n) is 7.92. The van der Waals surface area contributed by atoms with Crippen LogP contribution in [-0.4, -0.2) is 4.57 Å². The number of fused-ring (bicyclic) bond motifs is 6. The average molecular weight is 663 g/mol. The third kappa shape index (κ3) is 5.04. The molecule has 244 valence electrons. The quantitative estimate of drug-likeness (QED) is 0.172. The summed E-state index contributed by atoms with van der Waals surface area (Å²) in [6, 6.07) is 74.7. The Morgan fingerprint density at radius 3 is 1.75 bits per heavy atom. The van der Waals surface area contributed by atoms with Crippen molar-refractivity contribution >= 4 is 60.4 Å². The molecule has 0 atom stereocenters. The summed E-state index contributed by atoms with van der Waals surface area (Å²) < 4.78 is 2.44. The fraction of sp³-hybridized carbons (Fsp3) is 0. The molecule has 0 saturated heterocycles. The molecular formula is C50H34N2. The van der Waals surface area contributed by atoms with Gasteiger partial charge in [-0.1, -0.05) is 146 Å². The minimum Gasteiger partial charge on any atom is -0.310 e. The van der Waals surface area contributed by atoms with Gasteiger partial charge in [0.05, 0.1) is 11.0 Å². The standard InChI is InChI=1S/C50H34N2/c1-3-14-35(15-4-1)37-26-29-42(30-27-37)51(44-31-28-36-16-7-8-17-38(36)32-44)43-22-13-19-39(33-43)47-34-40-18-9-10-23-45(40)50-49(47)46-24-11-12-25-48(46)52(50)41-20-5-2-6-21-41/h1-34H. The third-order valence-corrected chi connectivity index (χ3v) is 10.3. The summed E-state index contributed by atoms with van der Waals surface area (Å²) in [4.78, 5) is 2.39. The Labute approximate surface area is 303 Å². The van der Waals surface area contributed by atoms with Crippen LogP contribution in [0, 0.1) is 0 Å². The van der Waals surface area contributed by atoms with Crippen LogP contribution >= 0.6 is 0 Å². The minimum atomic E-state index is 1.10. The van der Waals surface area contributed by atoms with Crippen molar-refractivity contribution in [3.8, 4) is 27.9 Å². The summed E-state index contributed by atoms with van der Waals surface area (Å²) in [6.07, 6.45) is 0. The molecule has 0 unspecified atom stereocenters. The average Bonchev–Trinajstić information content (AvgIpc) is 3.57. The van der Waals surface area contributed by atoms with E-state index in [0.717, 1.165) is 22.7 Å². The van der Waals surface area contributed by atoms with E-state index in [1.807, 2.05) is 0 Å². The van der Waals surface area contributed by atoms with Crippen molar-refractivity contribution in [2.24, 2.45) is 0 Å². The van der Waals surface area contributed by atoms with Crippen LogP contribution in [0.3, 0.4) is 0 Å². The molecule has 9 aromatic carbocycles. The van der Waals surface area contributed by atoms with E-state index in [-0.39, 0.29) is 0 Å². The van der Waals surface area contributed by atoms with Gasteiger partial charge < -0.3 is 9.47 Å². The lowest BCUT2D eigenvalue weighted by Gasteiger charge is -2.27. The highest BCUT2D eigenvalue weighted by Crippen LogP contribution is 2.44. The molecule has 2 nitrogen and oxygen atoms in total. The zero-order valence-corrected chi connectivity index (χ0v) is 28.5. The van der Waals surface area contributed by atoms with E-state index < -0.39 is 0 Å². The maximum absolute atomic E-state index is 2.44. The number of para-hydroxylation sites is 2. The molecule has 52 heavy (non-hydrogen) atoms. The number of aromatic nitrogens is 1. The number of nitrogens with zero attached hydrogens (tertiary/aromatic N) is 2. The zero-order valence-electron chi connectivity index (χ0n) is 28.5. The Morgan fingerprint density at radius 2 is 0.942 bits per heavy atom. The first-order chi connectivity index (χ1) is 25.8. The number of hydrogen-bond donors (Lipinski definition) is 0. The molecule has 1 aromatic heterocycles. The molecule has 0 fully saturated rings. The maximum atomic E-state index is 2.44. The summed E-state index contributed by atoms with van der Waals surface area (Å²) >= 11 is 0. The van der Waals surface area contributed by atoms with Crippen LogP contribution in [0.25, 0.3) is 71.3 Å². The summed E-state index contributed by atoms with van der Waals surface area (Å²) in [7, 11) is 0. The van der Waals surface area contributed by atoms with Gasteiger partial charge in [-0.05, 0) is 99.1 Å². The van der Waals surface area contributed by atoms with Crippen LogP contribution in [0.15, 0.2) is 206 Å². The smallest absolute Gasteiger partial charge is 0.0625 e. The van der Waals surface area contributed by atoms with Crippen molar-refractivity contribution in [2.45, 2.75) is 0 Å². The van der Waals surface area contributed by atoms with Gasteiger partial charge in [0.1, 0.15) is 0 Å². The topological polar surface area (TPSA) is 8.17 Å². The molecule has 10 aromatic rings. The summed E-state index contributed by atoms with van der Waals surface area (Å²) in [5.74, 6) is 0. The van der Waals surface area contributed by atoms with Crippen molar-refractivity contribution < 1.29 is 0 Å². The number of rotatable bonds is 6. The van der Waals surface area contributed by atoms with Crippen molar-refractivity contribution in [3.63, 3.8) is 0 Å². The van der Waals surface area contributed by atoms with Crippen LogP contribution in [0.2, 0.25) is 0 Å². The lowest BCUT2D eigenvalue weighted by Crippen LogP contribution is -2.10. The SMILES string of the molecule is c1ccc(-c2ccc(N(c3cccc(-c4cc5ccccc5c5c4c4ccccc4n5-c4ccccc4)c3)c3ccc4ccccc4c3)cc2)cc1. The van der Waals surface area contributed by atoms with E-state index >= 15 is 0 Å². The van der Waals surface area contributed by atoms with Crippen LogP contribution < -0.4 is 4.90 Å². The van der Waals surface area contributed by atoms with Gasteiger partial charge in [0.25, 0.3) is 0 Å². The van der Waals surface area contributed by atoms with Gasteiger partial charge in [-0.25, -0.2) is 0 Å². The lowest BCUT2D eigenvalue weighted by atomic mass is 9.94. The van der Waals surface area contributed by atoms with Gasteiger partial charge in [0.15, 0.2) is 0 Å². The lowest BCUT2D eigenvalue weighted by molar-refractivity contribution is 1.19. The van der Waals surface area contributed by atoms with Gasteiger partial charge in [0.2, 0.25) is 0 Å². The molecule has 0 bridgehead atoms. The second kappa shape index (κ2) is 12.5. The fourth-order valence-corrected chi connectivity index (χ4v) is 7.92. The predicted octanol–water partition coefficient (Wildman–Crippen LogP) is 13.9. The molecule has 0 spiro atoms. The van der Waals surface area contributed by atoms with Gasteiger partial charge in [-0.15, -0.1) is 0 Å². The molecule has 1 heterocycles. The Morgan fingerprint density at radius 1 is 0.346 bits per heavy atom. The van der Waals surface area contributed by atoms with Crippen molar-refractivity contribution in [2.75, 3.05) is 4.90 Å². The number of anilines is 3. The first-order valence-electron chi connectivity index (χ1n) is 17.9. The maximum Gasteiger partial charge on any atom is 0.0625 e. The van der Waals surface area contributed by atoms with E-state index in [0.29, 0.717) is 0 Å². The van der Waals surface area contributed by atoms with E-state index in [9.17, 15) is 0 Å².